The van der Waals surface area contributed by atoms with Crippen LogP contribution in [0, 0.1) is 6.57 Å². The van der Waals surface area contributed by atoms with Crippen molar-refractivity contribution < 1.29 is 5.11 Å². The van der Waals surface area contributed by atoms with E-state index >= 15 is 0 Å². The van der Waals surface area contributed by atoms with Gasteiger partial charge >= 0.3 is 0 Å². The van der Waals surface area contributed by atoms with Crippen LogP contribution in [0.2, 0.25) is 0 Å². The molecule has 0 unspecified atom stereocenters. The summed E-state index contributed by atoms with van der Waals surface area (Å²) in [5.74, 6) is 0.505. The first-order chi connectivity index (χ1) is 11.5. The smallest absolute Gasteiger partial charge is 0.248 e. The Balaban J connectivity index is 1.88. The molecule has 120 valence electrons. The van der Waals surface area contributed by atoms with Crippen LogP contribution < -0.4 is 5.32 Å². The summed E-state index contributed by atoms with van der Waals surface area (Å²) in [6.07, 6.45) is 1.70. The molecule has 0 aliphatic rings. The Morgan fingerprint density at radius 2 is 1.75 bits per heavy atom. The fourth-order valence-electron chi connectivity index (χ4n) is 2.35. The Bertz CT molecular complexity index is 868. The third-order valence-corrected chi connectivity index (χ3v) is 3.69. The van der Waals surface area contributed by atoms with Gasteiger partial charge in [-0.25, -0.2) is 4.85 Å². The normalized spacial score (nSPS) is 11.1. The van der Waals surface area contributed by atoms with E-state index in [1.54, 1.807) is 24.7 Å². The van der Waals surface area contributed by atoms with Crippen LogP contribution in [0.4, 0.5) is 17.2 Å². The molecule has 24 heavy (non-hydrogen) atoms. The molecule has 0 saturated heterocycles. The zero-order valence-corrected chi connectivity index (χ0v) is 13.6. The largest absolute Gasteiger partial charge is 0.386 e. The van der Waals surface area contributed by atoms with Crippen molar-refractivity contribution in [1.82, 2.24) is 9.78 Å². The Kier molecular flexibility index (Phi) is 4.07. The minimum atomic E-state index is -0.880. The summed E-state index contributed by atoms with van der Waals surface area (Å²) in [6, 6.07) is 17.1. The Morgan fingerprint density at radius 1 is 1.08 bits per heavy atom. The minimum absolute atomic E-state index is 0.449. The van der Waals surface area contributed by atoms with E-state index in [4.69, 9.17) is 6.57 Å². The SMILES string of the molecule is [C-]#[N+]c1cn(-c2ccccc2)nc1Nc1ccc(C(C)(C)O)cc1. The molecule has 5 heteroatoms. The number of aromatic nitrogens is 2. The van der Waals surface area contributed by atoms with Crippen LogP contribution >= 0.6 is 0 Å². The number of aliphatic hydroxyl groups is 1. The van der Waals surface area contributed by atoms with Crippen LogP contribution in [0.3, 0.4) is 0 Å². The van der Waals surface area contributed by atoms with E-state index in [0.29, 0.717) is 11.5 Å². The van der Waals surface area contributed by atoms with Gasteiger partial charge in [-0.15, -0.1) is 0 Å². The summed E-state index contributed by atoms with van der Waals surface area (Å²) in [4.78, 5) is 3.53. The average molecular weight is 318 g/mol. The first-order valence-corrected chi connectivity index (χ1v) is 7.60. The molecule has 0 atom stereocenters. The zero-order valence-electron chi connectivity index (χ0n) is 13.6. The van der Waals surface area contributed by atoms with Crippen molar-refractivity contribution in [2.45, 2.75) is 19.4 Å². The monoisotopic (exact) mass is 318 g/mol. The molecule has 0 aliphatic heterocycles. The number of hydrogen-bond donors (Lipinski definition) is 2. The van der Waals surface area contributed by atoms with E-state index in [1.807, 2.05) is 54.6 Å². The second-order valence-electron chi connectivity index (χ2n) is 6.02. The Hall–Kier alpha value is -3.10. The number of anilines is 2. The molecule has 0 fully saturated rings. The van der Waals surface area contributed by atoms with Crippen LogP contribution in [0.25, 0.3) is 10.5 Å². The standard InChI is InChI=1S/C19H18N4O/c1-19(2,24)14-9-11-15(12-10-14)21-18-17(20-3)13-23(22-18)16-7-5-4-6-8-16/h4-13,24H,1-2H3,(H,21,22). The molecule has 5 nitrogen and oxygen atoms in total. The second-order valence-corrected chi connectivity index (χ2v) is 6.02. The van der Waals surface area contributed by atoms with Gasteiger partial charge in [0, 0.05) is 11.9 Å². The highest BCUT2D eigenvalue weighted by Gasteiger charge is 2.16. The molecule has 0 radical (unpaired) electrons. The van der Waals surface area contributed by atoms with Gasteiger partial charge in [0.1, 0.15) is 0 Å². The fourth-order valence-corrected chi connectivity index (χ4v) is 2.35. The molecule has 3 aromatic rings. The highest BCUT2D eigenvalue weighted by Crippen LogP contribution is 2.29. The number of nitrogens with zero attached hydrogens (tertiary/aromatic N) is 3. The van der Waals surface area contributed by atoms with Crippen molar-refractivity contribution in [3.63, 3.8) is 0 Å². The molecule has 0 spiro atoms. The maximum atomic E-state index is 10.0. The summed E-state index contributed by atoms with van der Waals surface area (Å²) in [5, 5.41) is 17.6. The van der Waals surface area contributed by atoms with Gasteiger partial charge in [-0.3, -0.25) is 4.68 Å². The van der Waals surface area contributed by atoms with Gasteiger partial charge in [-0.2, -0.15) is 5.10 Å². The molecule has 3 rings (SSSR count). The lowest BCUT2D eigenvalue weighted by molar-refractivity contribution is 0.0786. The fraction of sp³-hybridized carbons (Fsp3) is 0.158. The van der Waals surface area contributed by atoms with Crippen molar-refractivity contribution in [3.8, 4) is 5.69 Å². The molecular weight excluding hydrogens is 300 g/mol. The van der Waals surface area contributed by atoms with Gasteiger partial charge in [-0.1, -0.05) is 30.3 Å². The number of rotatable bonds is 4. The highest BCUT2D eigenvalue weighted by atomic mass is 16.3. The van der Waals surface area contributed by atoms with Gasteiger partial charge < -0.3 is 10.4 Å². The molecule has 2 N–H and O–H groups in total. The lowest BCUT2D eigenvalue weighted by Gasteiger charge is -2.18. The molecule has 2 aromatic carbocycles. The van der Waals surface area contributed by atoms with Gasteiger partial charge in [0.15, 0.2) is 5.82 Å². The average Bonchev–Trinajstić information content (AvgIpc) is 2.98. The van der Waals surface area contributed by atoms with Crippen molar-refractivity contribution >= 4 is 17.2 Å². The van der Waals surface area contributed by atoms with Gasteiger partial charge in [-0.05, 0) is 43.7 Å². The minimum Gasteiger partial charge on any atom is -0.386 e. The molecule has 0 aliphatic carbocycles. The van der Waals surface area contributed by atoms with E-state index in [9.17, 15) is 5.11 Å². The lowest BCUT2D eigenvalue weighted by atomic mass is 9.98. The lowest BCUT2D eigenvalue weighted by Crippen LogP contribution is -2.15. The highest BCUT2D eigenvalue weighted by molar-refractivity contribution is 5.71. The summed E-state index contributed by atoms with van der Waals surface area (Å²) in [7, 11) is 0. The number of para-hydroxylation sites is 1. The van der Waals surface area contributed by atoms with E-state index in [2.05, 4.69) is 15.3 Å². The third kappa shape index (κ3) is 3.29. The quantitative estimate of drug-likeness (QED) is 0.701. The number of benzene rings is 2. The number of nitrogens with one attached hydrogen (secondary N) is 1. The van der Waals surface area contributed by atoms with Crippen molar-refractivity contribution in [2.75, 3.05) is 5.32 Å². The zero-order chi connectivity index (χ0) is 17.2. The van der Waals surface area contributed by atoms with Gasteiger partial charge in [0.2, 0.25) is 5.69 Å². The van der Waals surface area contributed by atoms with E-state index in [-0.39, 0.29) is 0 Å². The second kappa shape index (κ2) is 6.19. The van der Waals surface area contributed by atoms with Crippen LogP contribution in [-0.2, 0) is 5.60 Å². The molecule has 0 saturated carbocycles. The molecular formula is C19H18N4O. The Morgan fingerprint density at radius 3 is 2.33 bits per heavy atom. The molecule has 1 aromatic heterocycles. The van der Waals surface area contributed by atoms with Gasteiger partial charge in [0.25, 0.3) is 0 Å². The predicted octanol–water partition coefficient (Wildman–Crippen LogP) is 4.39. The van der Waals surface area contributed by atoms with Crippen LogP contribution in [0.5, 0.6) is 0 Å². The summed E-state index contributed by atoms with van der Waals surface area (Å²) >= 11 is 0. The summed E-state index contributed by atoms with van der Waals surface area (Å²) in [5.41, 5.74) is 2.10. The van der Waals surface area contributed by atoms with E-state index < -0.39 is 5.60 Å². The molecule has 0 amide bonds. The molecule has 1 heterocycles. The van der Waals surface area contributed by atoms with Crippen LogP contribution in [0.1, 0.15) is 19.4 Å². The van der Waals surface area contributed by atoms with Crippen molar-refractivity contribution in [2.24, 2.45) is 0 Å². The topological polar surface area (TPSA) is 54.4 Å². The number of hydrogen-bond acceptors (Lipinski definition) is 3. The van der Waals surface area contributed by atoms with Crippen LogP contribution in [-0.4, -0.2) is 14.9 Å². The Labute approximate surface area is 141 Å². The predicted molar refractivity (Wildman–Crippen MR) is 94.8 cm³/mol. The van der Waals surface area contributed by atoms with E-state index in [0.717, 1.165) is 16.9 Å². The summed E-state index contributed by atoms with van der Waals surface area (Å²) in [6.45, 7) is 10.8. The first-order valence-electron chi connectivity index (χ1n) is 7.60. The third-order valence-electron chi connectivity index (χ3n) is 3.69. The maximum Gasteiger partial charge on any atom is 0.248 e. The molecule has 0 bridgehead atoms. The van der Waals surface area contributed by atoms with Crippen molar-refractivity contribution in [1.29, 1.82) is 0 Å². The van der Waals surface area contributed by atoms with Gasteiger partial charge in [0.05, 0.1) is 17.9 Å². The van der Waals surface area contributed by atoms with Crippen LogP contribution in [0.15, 0.2) is 60.8 Å². The van der Waals surface area contributed by atoms with Crippen molar-refractivity contribution in [3.05, 3.63) is 77.8 Å². The maximum absolute atomic E-state index is 10.0. The van der Waals surface area contributed by atoms with E-state index in [1.165, 1.54) is 0 Å². The first kappa shape index (κ1) is 15.8. The summed E-state index contributed by atoms with van der Waals surface area (Å²) < 4.78 is 1.68.